The van der Waals surface area contributed by atoms with E-state index in [1.807, 2.05) is 54.0 Å². The van der Waals surface area contributed by atoms with Crippen LogP contribution in [0.25, 0.3) is 5.65 Å². The first kappa shape index (κ1) is 16.6. The molecule has 2 aromatic heterocycles. The van der Waals surface area contributed by atoms with Crippen LogP contribution in [-0.2, 0) is 6.42 Å². The van der Waals surface area contributed by atoms with Crippen LogP contribution in [0.3, 0.4) is 0 Å². The number of aromatic nitrogens is 3. The van der Waals surface area contributed by atoms with Gasteiger partial charge in [0.15, 0.2) is 5.65 Å². The van der Waals surface area contributed by atoms with Gasteiger partial charge >= 0.3 is 0 Å². The van der Waals surface area contributed by atoms with Crippen LogP contribution in [-0.4, -0.2) is 32.4 Å². The summed E-state index contributed by atoms with van der Waals surface area (Å²) in [4.78, 5) is 4.48. The van der Waals surface area contributed by atoms with Gasteiger partial charge in [-0.1, -0.05) is 30.3 Å². The van der Waals surface area contributed by atoms with Crippen LogP contribution >= 0.6 is 0 Å². The average molecular weight is 324 g/mol. The first-order chi connectivity index (χ1) is 11.5. The van der Waals surface area contributed by atoms with E-state index in [-0.39, 0.29) is 6.04 Å². The fraction of sp³-hybridized carbons (Fsp3) is 0.368. The number of hydrogen-bond acceptors (Lipinski definition) is 4. The fourth-order valence-electron chi connectivity index (χ4n) is 2.98. The summed E-state index contributed by atoms with van der Waals surface area (Å²) in [5.41, 5.74) is 5.14. The van der Waals surface area contributed by atoms with E-state index in [4.69, 9.17) is 0 Å². The number of hydrogen-bond donors (Lipinski definition) is 2. The third-order valence-corrected chi connectivity index (χ3v) is 4.32. The number of rotatable bonds is 6. The van der Waals surface area contributed by atoms with Gasteiger partial charge < -0.3 is 10.4 Å². The van der Waals surface area contributed by atoms with Crippen LogP contribution in [0.4, 0.5) is 0 Å². The molecule has 5 nitrogen and oxygen atoms in total. The molecule has 0 aliphatic carbocycles. The molecule has 5 heteroatoms. The van der Waals surface area contributed by atoms with Crippen molar-refractivity contribution in [2.24, 2.45) is 0 Å². The van der Waals surface area contributed by atoms with Crippen LogP contribution < -0.4 is 5.32 Å². The van der Waals surface area contributed by atoms with Crippen molar-refractivity contribution in [2.45, 2.75) is 39.3 Å². The summed E-state index contributed by atoms with van der Waals surface area (Å²) in [5, 5.41) is 18.1. The highest BCUT2D eigenvalue weighted by molar-refractivity contribution is 5.42. The molecular weight excluding hydrogens is 300 g/mol. The molecule has 2 heterocycles. The third kappa shape index (κ3) is 3.63. The molecule has 0 fully saturated rings. The quantitative estimate of drug-likeness (QED) is 0.732. The Kier molecular flexibility index (Phi) is 4.92. The van der Waals surface area contributed by atoms with E-state index in [0.29, 0.717) is 13.0 Å². The van der Waals surface area contributed by atoms with Crippen molar-refractivity contribution in [1.29, 1.82) is 0 Å². The molecule has 0 bridgehead atoms. The number of fused-ring (bicyclic) bond motifs is 1. The molecule has 0 amide bonds. The lowest BCUT2D eigenvalue weighted by Crippen LogP contribution is -2.31. The van der Waals surface area contributed by atoms with E-state index in [2.05, 4.69) is 29.2 Å². The van der Waals surface area contributed by atoms with Crippen LogP contribution in [0.5, 0.6) is 0 Å². The zero-order valence-corrected chi connectivity index (χ0v) is 14.4. The molecule has 1 aromatic carbocycles. The van der Waals surface area contributed by atoms with E-state index < -0.39 is 6.10 Å². The number of benzene rings is 1. The molecule has 0 saturated heterocycles. The van der Waals surface area contributed by atoms with Crippen LogP contribution in [0.2, 0.25) is 0 Å². The highest BCUT2D eigenvalue weighted by Gasteiger charge is 2.14. The van der Waals surface area contributed by atoms with Crippen molar-refractivity contribution in [1.82, 2.24) is 19.9 Å². The van der Waals surface area contributed by atoms with Crippen molar-refractivity contribution in [3.8, 4) is 0 Å². The summed E-state index contributed by atoms with van der Waals surface area (Å²) in [6.45, 7) is 6.64. The Hall–Kier alpha value is -2.24. The van der Waals surface area contributed by atoms with E-state index >= 15 is 0 Å². The highest BCUT2D eigenvalue weighted by Crippen LogP contribution is 2.18. The molecule has 2 atom stereocenters. The van der Waals surface area contributed by atoms with Crippen LogP contribution in [0.1, 0.15) is 35.5 Å². The summed E-state index contributed by atoms with van der Waals surface area (Å²) < 4.78 is 1.88. The fourth-order valence-corrected chi connectivity index (χ4v) is 2.98. The first-order valence-corrected chi connectivity index (χ1v) is 8.32. The Bertz CT molecular complexity index is 813. The zero-order valence-electron chi connectivity index (χ0n) is 14.4. The van der Waals surface area contributed by atoms with Crippen molar-refractivity contribution < 1.29 is 5.11 Å². The number of aliphatic hydroxyl groups excluding tert-OH is 1. The Morgan fingerprint density at radius 1 is 1.21 bits per heavy atom. The lowest BCUT2D eigenvalue weighted by Gasteiger charge is -2.19. The molecular formula is C19H24N4O. The van der Waals surface area contributed by atoms with Crippen molar-refractivity contribution in [3.05, 3.63) is 65.1 Å². The summed E-state index contributed by atoms with van der Waals surface area (Å²) >= 11 is 0. The molecule has 2 unspecified atom stereocenters. The lowest BCUT2D eigenvalue weighted by atomic mass is 10.1. The third-order valence-electron chi connectivity index (χ3n) is 4.32. The molecule has 0 aliphatic heterocycles. The maximum absolute atomic E-state index is 10.2. The van der Waals surface area contributed by atoms with Crippen molar-refractivity contribution >= 4 is 5.65 Å². The second kappa shape index (κ2) is 7.11. The molecule has 3 rings (SSSR count). The highest BCUT2D eigenvalue weighted by atomic mass is 16.3. The largest absolute Gasteiger partial charge is 0.391 e. The Morgan fingerprint density at radius 3 is 2.71 bits per heavy atom. The topological polar surface area (TPSA) is 62.5 Å². The summed E-state index contributed by atoms with van der Waals surface area (Å²) in [6.07, 6.45) is 2.13. The lowest BCUT2D eigenvalue weighted by molar-refractivity contribution is 0.168. The second-order valence-electron chi connectivity index (χ2n) is 6.33. The normalized spacial score (nSPS) is 14.0. The standard InChI is InChI=1S/C19H24N4O/c1-13-9-19-21-12-18(15(3)23(19)22-13)14(2)20-11-17(24)10-16-7-5-4-6-8-16/h4-9,12,14,17,20,24H,10-11H2,1-3H3. The van der Waals surface area contributed by atoms with Gasteiger partial charge in [0, 0.05) is 36.1 Å². The minimum absolute atomic E-state index is 0.0943. The summed E-state index contributed by atoms with van der Waals surface area (Å²) in [6, 6.07) is 12.1. The van der Waals surface area contributed by atoms with Crippen molar-refractivity contribution in [3.63, 3.8) is 0 Å². The average Bonchev–Trinajstić information content (AvgIpc) is 2.95. The van der Waals surface area contributed by atoms with Gasteiger partial charge in [0.05, 0.1) is 11.8 Å². The number of aryl methyl sites for hydroxylation is 2. The summed E-state index contributed by atoms with van der Waals surface area (Å²) in [7, 11) is 0. The number of nitrogens with zero attached hydrogens (tertiary/aromatic N) is 3. The molecule has 0 aliphatic rings. The van der Waals surface area contributed by atoms with Gasteiger partial charge in [-0.05, 0) is 32.8 Å². The maximum atomic E-state index is 10.2. The molecule has 2 N–H and O–H groups in total. The van der Waals surface area contributed by atoms with Gasteiger partial charge in [-0.25, -0.2) is 9.50 Å². The number of aliphatic hydroxyl groups is 1. The van der Waals surface area contributed by atoms with E-state index in [9.17, 15) is 5.11 Å². The van der Waals surface area contributed by atoms with E-state index in [1.165, 1.54) is 0 Å². The molecule has 126 valence electrons. The van der Waals surface area contributed by atoms with Gasteiger partial charge in [-0.15, -0.1) is 0 Å². The first-order valence-electron chi connectivity index (χ1n) is 8.32. The van der Waals surface area contributed by atoms with Gasteiger partial charge in [0.25, 0.3) is 0 Å². The summed E-state index contributed by atoms with van der Waals surface area (Å²) in [5.74, 6) is 0. The Labute approximate surface area is 142 Å². The van der Waals surface area contributed by atoms with Crippen LogP contribution in [0, 0.1) is 13.8 Å². The van der Waals surface area contributed by atoms with Gasteiger partial charge in [-0.3, -0.25) is 0 Å². The van der Waals surface area contributed by atoms with Crippen molar-refractivity contribution in [2.75, 3.05) is 6.54 Å². The predicted octanol–water partition coefficient (Wildman–Crippen LogP) is 2.60. The monoisotopic (exact) mass is 324 g/mol. The Morgan fingerprint density at radius 2 is 1.96 bits per heavy atom. The van der Waals surface area contributed by atoms with Crippen LogP contribution in [0.15, 0.2) is 42.6 Å². The Balaban J connectivity index is 1.64. The van der Waals surface area contributed by atoms with Gasteiger partial charge in [0.1, 0.15) is 0 Å². The van der Waals surface area contributed by atoms with E-state index in [0.717, 1.165) is 28.2 Å². The molecule has 0 saturated carbocycles. The maximum Gasteiger partial charge on any atom is 0.155 e. The minimum atomic E-state index is -0.418. The molecule has 24 heavy (non-hydrogen) atoms. The SMILES string of the molecule is Cc1cc2ncc(C(C)NCC(O)Cc3ccccc3)c(C)n2n1. The minimum Gasteiger partial charge on any atom is -0.391 e. The molecule has 3 aromatic rings. The van der Waals surface area contributed by atoms with Gasteiger partial charge in [0.2, 0.25) is 0 Å². The predicted molar refractivity (Wildman–Crippen MR) is 95.0 cm³/mol. The molecule has 0 spiro atoms. The smallest absolute Gasteiger partial charge is 0.155 e. The number of nitrogens with one attached hydrogen (secondary N) is 1. The second-order valence-corrected chi connectivity index (χ2v) is 6.33. The van der Waals surface area contributed by atoms with E-state index in [1.54, 1.807) is 0 Å². The molecule has 0 radical (unpaired) electrons. The zero-order chi connectivity index (χ0) is 17.1. The van der Waals surface area contributed by atoms with Gasteiger partial charge in [-0.2, -0.15) is 5.10 Å².